The fraction of sp³-hybridized carbons (Fsp3) is 0.667. The Morgan fingerprint density at radius 1 is 1.38 bits per heavy atom. The van der Waals surface area contributed by atoms with Gasteiger partial charge in [0.1, 0.15) is 11.6 Å². The van der Waals surface area contributed by atoms with Crippen LogP contribution in [-0.2, 0) is 26.3 Å². The number of thiophene rings is 1. The van der Waals surface area contributed by atoms with Crippen molar-refractivity contribution in [3.63, 3.8) is 0 Å². The number of fused-ring (bicyclic) bond motifs is 2. The molecule has 0 radical (unpaired) electrons. The Morgan fingerprint density at radius 3 is 2.96 bits per heavy atom. The van der Waals surface area contributed by atoms with E-state index in [1.54, 1.807) is 11.3 Å². The minimum Gasteiger partial charge on any atom is -0.468 e. The second-order valence-electron chi connectivity index (χ2n) is 7.20. The van der Waals surface area contributed by atoms with E-state index >= 15 is 0 Å². The van der Waals surface area contributed by atoms with Crippen molar-refractivity contribution in [2.45, 2.75) is 43.4 Å². The predicted octanol–water partition coefficient (Wildman–Crippen LogP) is 0.533. The molecule has 7 nitrogen and oxygen atoms in total. The standard InChI is InChI=1S/C18H25N3O4S/c1-24-17(23)13-9-12(10-20-13)21-16(22)14-8-11-2-7-25-18(15(11)26-14)3-5-19-6-4-18/h8,12-13,19-20H,2-7,9-10H2,1H3,(H,21,22)/t12-,13-/m0/s1. The number of piperidine rings is 1. The SMILES string of the molecule is COC(=O)[C@@H]1C[C@H](NC(=O)c2cc3c(s2)C2(CCNCC2)OCC3)CN1. The number of rotatable bonds is 3. The van der Waals surface area contributed by atoms with Crippen LogP contribution in [0.25, 0.3) is 0 Å². The summed E-state index contributed by atoms with van der Waals surface area (Å²) >= 11 is 1.57. The minimum atomic E-state index is -0.340. The van der Waals surface area contributed by atoms with E-state index in [0.717, 1.165) is 43.8 Å². The maximum Gasteiger partial charge on any atom is 0.322 e. The molecule has 3 N–H and O–H groups in total. The lowest BCUT2D eigenvalue weighted by atomic mass is 9.86. The molecule has 1 spiro atoms. The van der Waals surface area contributed by atoms with E-state index in [-0.39, 0.29) is 29.6 Å². The summed E-state index contributed by atoms with van der Waals surface area (Å²) in [5.41, 5.74) is 1.04. The fourth-order valence-corrected chi connectivity index (χ4v) is 5.47. The summed E-state index contributed by atoms with van der Waals surface area (Å²) in [6.45, 7) is 3.19. The second kappa shape index (κ2) is 7.26. The highest BCUT2D eigenvalue weighted by atomic mass is 32.1. The van der Waals surface area contributed by atoms with Gasteiger partial charge in [0.2, 0.25) is 0 Å². The number of esters is 1. The molecule has 1 aromatic heterocycles. The van der Waals surface area contributed by atoms with E-state index < -0.39 is 0 Å². The first-order valence-corrected chi connectivity index (χ1v) is 10.0. The summed E-state index contributed by atoms with van der Waals surface area (Å²) in [7, 11) is 1.38. The van der Waals surface area contributed by atoms with Crippen molar-refractivity contribution in [2.24, 2.45) is 0 Å². The van der Waals surface area contributed by atoms with Crippen molar-refractivity contribution in [1.82, 2.24) is 16.0 Å². The first kappa shape index (κ1) is 17.9. The van der Waals surface area contributed by atoms with Crippen molar-refractivity contribution in [1.29, 1.82) is 0 Å². The highest BCUT2D eigenvalue weighted by Gasteiger charge is 2.41. The van der Waals surface area contributed by atoms with Gasteiger partial charge in [0.05, 0.1) is 18.6 Å². The number of nitrogens with one attached hydrogen (secondary N) is 3. The van der Waals surface area contributed by atoms with Crippen LogP contribution in [0.5, 0.6) is 0 Å². The molecule has 4 heterocycles. The molecule has 0 saturated carbocycles. The van der Waals surface area contributed by atoms with Crippen LogP contribution in [0.1, 0.15) is 39.4 Å². The number of amides is 1. The van der Waals surface area contributed by atoms with Crippen LogP contribution in [0.15, 0.2) is 6.07 Å². The van der Waals surface area contributed by atoms with E-state index in [1.165, 1.54) is 17.6 Å². The normalized spacial score (nSPS) is 27.1. The van der Waals surface area contributed by atoms with Gasteiger partial charge in [-0.3, -0.25) is 9.59 Å². The Labute approximate surface area is 156 Å². The molecule has 2 atom stereocenters. The van der Waals surface area contributed by atoms with Crippen molar-refractivity contribution in [3.8, 4) is 0 Å². The molecule has 0 unspecified atom stereocenters. The van der Waals surface area contributed by atoms with E-state index in [4.69, 9.17) is 9.47 Å². The van der Waals surface area contributed by atoms with Gasteiger partial charge in [-0.25, -0.2) is 0 Å². The number of methoxy groups -OCH3 is 1. The third-order valence-electron chi connectivity index (χ3n) is 5.56. The monoisotopic (exact) mass is 379 g/mol. The first-order chi connectivity index (χ1) is 12.6. The molecule has 3 aliphatic rings. The maximum absolute atomic E-state index is 12.7. The number of ether oxygens (including phenoxy) is 2. The number of hydrogen-bond acceptors (Lipinski definition) is 7. The number of hydrogen-bond donors (Lipinski definition) is 3. The molecule has 142 valence electrons. The summed E-state index contributed by atoms with van der Waals surface area (Å²) < 4.78 is 10.9. The fourth-order valence-electron chi connectivity index (χ4n) is 4.16. The van der Waals surface area contributed by atoms with Crippen molar-refractivity contribution >= 4 is 23.2 Å². The largest absolute Gasteiger partial charge is 0.468 e. The molecule has 4 rings (SSSR count). The van der Waals surface area contributed by atoms with Crippen LogP contribution in [0, 0.1) is 0 Å². The Bertz CT molecular complexity index is 699. The minimum absolute atomic E-state index is 0.0604. The second-order valence-corrected chi connectivity index (χ2v) is 8.25. The summed E-state index contributed by atoms with van der Waals surface area (Å²) in [6.07, 6.45) is 3.33. The lowest BCUT2D eigenvalue weighted by molar-refractivity contribution is -0.142. The zero-order valence-corrected chi connectivity index (χ0v) is 15.7. The van der Waals surface area contributed by atoms with E-state index in [1.807, 2.05) is 6.07 Å². The number of carbonyl (C=O) groups excluding carboxylic acids is 2. The number of carbonyl (C=O) groups is 2. The summed E-state index contributed by atoms with van der Waals surface area (Å²) in [6, 6.07) is 1.63. The molecular formula is C18H25N3O4S. The zero-order chi connectivity index (χ0) is 18.1. The van der Waals surface area contributed by atoms with Gasteiger partial charge < -0.3 is 25.4 Å². The molecule has 26 heavy (non-hydrogen) atoms. The molecule has 8 heteroatoms. The Balaban J connectivity index is 1.46. The Hall–Kier alpha value is -1.48. The van der Waals surface area contributed by atoms with Gasteiger partial charge in [-0.1, -0.05) is 0 Å². The van der Waals surface area contributed by atoms with Crippen LogP contribution < -0.4 is 16.0 Å². The summed E-state index contributed by atoms with van der Waals surface area (Å²) in [5.74, 6) is -0.343. The highest BCUT2D eigenvalue weighted by Crippen LogP contribution is 2.44. The lowest BCUT2D eigenvalue weighted by Gasteiger charge is -2.40. The maximum atomic E-state index is 12.7. The topological polar surface area (TPSA) is 88.7 Å². The Morgan fingerprint density at radius 2 is 2.19 bits per heavy atom. The molecule has 0 bridgehead atoms. The highest BCUT2D eigenvalue weighted by molar-refractivity contribution is 7.14. The van der Waals surface area contributed by atoms with Crippen LogP contribution in [0.4, 0.5) is 0 Å². The van der Waals surface area contributed by atoms with Gasteiger partial charge in [-0.15, -0.1) is 11.3 Å². The van der Waals surface area contributed by atoms with Crippen LogP contribution >= 0.6 is 11.3 Å². The molecule has 1 amide bonds. The van der Waals surface area contributed by atoms with Gasteiger partial charge in [-0.05, 0) is 50.4 Å². The predicted molar refractivity (Wildman–Crippen MR) is 97.4 cm³/mol. The van der Waals surface area contributed by atoms with Gasteiger partial charge in [0, 0.05) is 17.5 Å². The average Bonchev–Trinajstić information content (AvgIpc) is 3.30. The molecule has 0 aliphatic carbocycles. The quantitative estimate of drug-likeness (QED) is 0.664. The van der Waals surface area contributed by atoms with Crippen molar-refractivity contribution in [3.05, 3.63) is 21.4 Å². The molecule has 2 saturated heterocycles. The van der Waals surface area contributed by atoms with Crippen molar-refractivity contribution < 1.29 is 19.1 Å². The molecule has 3 aliphatic heterocycles. The summed E-state index contributed by atoms with van der Waals surface area (Å²) in [4.78, 5) is 26.3. The van der Waals surface area contributed by atoms with Crippen LogP contribution in [0.3, 0.4) is 0 Å². The van der Waals surface area contributed by atoms with E-state index in [9.17, 15) is 9.59 Å². The van der Waals surface area contributed by atoms with E-state index in [0.29, 0.717) is 13.0 Å². The molecule has 2 fully saturated rings. The van der Waals surface area contributed by atoms with Gasteiger partial charge >= 0.3 is 5.97 Å². The average molecular weight is 379 g/mol. The third kappa shape index (κ3) is 3.26. The van der Waals surface area contributed by atoms with Crippen molar-refractivity contribution in [2.75, 3.05) is 33.4 Å². The summed E-state index contributed by atoms with van der Waals surface area (Å²) in [5, 5.41) is 9.53. The third-order valence-corrected chi connectivity index (χ3v) is 6.92. The van der Waals surface area contributed by atoms with Gasteiger partial charge in [-0.2, -0.15) is 0 Å². The smallest absolute Gasteiger partial charge is 0.322 e. The van der Waals surface area contributed by atoms with Crippen LogP contribution in [-0.4, -0.2) is 57.3 Å². The van der Waals surface area contributed by atoms with Gasteiger partial charge in [0.25, 0.3) is 5.91 Å². The first-order valence-electron chi connectivity index (χ1n) is 9.21. The lowest BCUT2D eigenvalue weighted by Crippen LogP contribution is -2.44. The molecular weight excluding hydrogens is 354 g/mol. The molecule has 0 aromatic carbocycles. The van der Waals surface area contributed by atoms with E-state index in [2.05, 4.69) is 16.0 Å². The van der Waals surface area contributed by atoms with Gasteiger partial charge in [0.15, 0.2) is 0 Å². The molecule has 1 aromatic rings. The Kier molecular flexibility index (Phi) is 5.00. The zero-order valence-electron chi connectivity index (χ0n) is 14.9. The van der Waals surface area contributed by atoms with Crippen LogP contribution in [0.2, 0.25) is 0 Å².